The summed E-state index contributed by atoms with van der Waals surface area (Å²) < 4.78 is 0. The van der Waals surface area contributed by atoms with Crippen LogP contribution in [0, 0.1) is 0 Å². The molecule has 0 bridgehead atoms. The maximum atomic E-state index is 4.67. The van der Waals surface area contributed by atoms with Crippen LogP contribution in [0.1, 0.15) is 16.6 Å². The number of rotatable bonds is 1. The van der Waals surface area contributed by atoms with E-state index < -0.39 is 0 Å². The normalized spacial score (nSPS) is 17.7. The van der Waals surface area contributed by atoms with Gasteiger partial charge in [0.2, 0.25) is 0 Å². The minimum Gasteiger partial charge on any atom is -0.375 e. The summed E-state index contributed by atoms with van der Waals surface area (Å²) in [6, 6.07) is 12.7. The van der Waals surface area contributed by atoms with E-state index in [0.29, 0.717) is 6.04 Å². The molecule has 1 aliphatic rings. The van der Waals surface area contributed by atoms with Gasteiger partial charge in [0.15, 0.2) is 0 Å². The summed E-state index contributed by atoms with van der Waals surface area (Å²) in [5.74, 6) is 0. The zero-order chi connectivity index (χ0) is 11.9. The second kappa shape index (κ2) is 3.78. The number of aromatic nitrogens is 2. The Labute approximate surface area is 109 Å². The second-order valence-electron chi connectivity index (χ2n) is 4.44. The molecule has 0 radical (unpaired) electrons. The molecule has 1 aromatic carbocycles. The minimum absolute atomic E-state index is 0.293. The van der Waals surface area contributed by atoms with Crippen molar-refractivity contribution in [2.24, 2.45) is 0 Å². The third-order valence-corrected chi connectivity index (χ3v) is 4.35. The zero-order valence-corrected chi connectivity index (χ0v) is 10.4. The fourth-order valence-corrected chi connectivity index (χ4v) is 3.34. The van der Waals surface area contributed by atoms with Crippen molar-refractivity contribution in [3.63, 3.8) is 0 Å². The lowest BCUT2D eigenvalue weighted by atomic mass is 10.1. The van der Waals surface area contributed by atoms with E-state index in [9.17, 15) is 0 Å². The molecule has 0 aliphatic carbocycles. The summed E-state index contributed by atoms with van der Waals surface area (Å²) in [4.78, 5) is 10.0. The molecule has 18 heavy (non-hydrogen) atoms. The van der Waals surface area contributed by atoms with Crippen molar-refractivity contribution >= 4 is 27.4 Å². The highest BCUT2D eigenvalue weighted by Gasteiger charge is 2.24. The van der Waals surface area contributed by atoms with Crippen LogP contribution in [0.4, 0.5) is 5.69 Å². The highest BCUT2D eigenvalue weighted by Crippen LogP contribution is 2.36. The molecule has 4 rings (SSSR count). The highest BCUT2D eigenvalue weighted by atomic mass is 32.1. The Morgan fingerprint density at radius 1 is 1.17 bits per heavy atom. The maximum absolute atomic E-state index is 4.67. The van der Waals surface area contributed by atoms with Crippen LogP contribution in [-0.2, 0) is 6.42 Å². The fourth-order valence-electron chi connectivity index (χ4n) is 2.38. The van der Waals surface area contributed by atoms with E-state index in [2.05, 4.69) is 39.6 Å². The molecular formula is C14H11N3S. The first-order valence-electron chi connectivity index (χ1n) is 5.96. The number of benzene rings is 1. The molecule has 1 N–H and O–H groups in total. The van der Waals surface area contributed by atoms with Gasteiger partial charge in [-0.2, -0.15) is 0 Å². The molecule has 3 heterocycles. The van der Waals surface area contributed by atoms with Gasteiger partial charge >= 0.3 is 0 Å². The monoisotopic (exact) mass is 253 g/mol. The fraction of sp³-hybridized carbons (Fsp3) is 0.143. The van der Waals surface area contributed by atoms with Crippen molar-refractivity contribution in [3.05, 3.63) is 53.2 Å². The van der Waals surface area contributed by atoms with Gasteiger partial charge in [0.25, 0.3) is 0 Å². The van der Waals surface area contributed by atoms with Crippen LogP contribution in [0.25, 0.3) is 10.3 Å². The maximum Gasteiger partial charge on any atom is 0.143 e. The minimum atomic E-state index is 0.293. The van der Waals surface area contributed by atoms with E-state index in [0.717, 1.165) is 21.8 Å². The first-order chi connectivity index (χ1) is 8.90. The van der Waals surface area contributed by atoms with E-state index in [-0.39, 0.29) is 0 Å². The zero-order valence-electron chi connectivity index (χ0n) is 9.63. The number of anilines is 1. The first-order valence-corrected chi connectivity index (χ1v) is 6.78. The average Bonchev–Trinajstić information content (AvgIpc) is 3.02. The molecule has 1 unspecified atom stereocenters. The van der Waals surface area contributed by atoms with Crippen LogP contribution >= 0.6 is 11.3 Å². The molecule has 0 amide bonds. The van der Waals surface area contributed by atoms with Crippen LogP contribution in [0.5, 0.6) is 0 Å². The van der Waals surface area contributed by atoms with Crippen molar-refractivity contribution < 1.29 is 0 Å². The standard InChI is InChI=1S/C14H11N3S/c1-2-5-10-9(4-1)8-12(16-10)14-17-11-6-3-7-15-13(11)18-14/h1-7,12,16H,8H2. The Bertz CT molecular complexity index is 662. The summed E-state index contributed by atoms with van der Waals surface area (Å²) in [5.41, 5.74) is 3.60. The first kappa shape index (κ1) is 10.0. The molecule has 2 aromatic heterocycles. The van der Waals surface area contributed by atoms with Crippen LogP contribution in [0.15, 0.2) is 42.6 Å². The molecular weight excluding hydrogens is 242 g/mol. The number of nitrogens with one attached hydrogen (secondary N) is 1. The number of hydrogen-bond acceptors (Lipinski definition) is 4. The Hall–Kier alpha value is -1.94. The second-order valence-corrected chi connectivity index (χ2v) is 5.45. The summed E-state index contributed by atoms with van der Waals surface area (Å²) in [6.07, 6.45) is 2.83. The molecule has 0 saturated carbocycles. The molecule has 3 nitrogen and oxygen atoms in total. The van der Waals surface area contributed by atoms with Gasteiger partial charge in [-0.1, -0.05) is 29.5 Å². The van der Waals surface area contributed by atoms with E-state index in [1.165, 1.54) is 11.3 Å². The van der Waals surface area contributed by atoms with Crippen molar-refractivity contribution in [1.82, 2.24) is 9.97 Å². The third-order valence-electron chi connectivity index (χ3n) is 3.25. The van der Waals surface area contributed by atoms with E-state index in [1.807, 2.05) is 18.3 Å². The Kier molecular flexibility index (Phi) is 2.11. The summed E-state index contributed by atoms with van der Waals surface area (Å²) in [7, 11) is 0. The average molecular weight is 253 g/mol. The van der Waals surface area contributed by atoms with E-state index >= 15 is 0 Å². The largest absolute Gasteiger partial charge is 0.375 e. The molecule has 0 spiro atoms. The van der Waals surface area contributed by atoms with Gasteiger partial charge in [0, 0.05) is 18.3 Å². The van der Waals surface area contributed by atoms with E-state index in [4.69, 9.17) is 0 Å². The van der Waals surface area contributed by atoms with Crippen LogP contribution < -0.4 is 5.32 Å². The van der Waals surface area contributed by atoms with Crippen molar-refractivity contribution in [2.45, 2.75) is 12.5 Å². The van der Waals surface area contributed by atoms with E-state index in [1.54, 1.807) is 11.3 Å². The number of fused-ring (bicyclic) bond motifs is 2. The van der Waals surface area contributed by atoms with Crippen LogP contribution in [-0.4, -0.2) is 9.97 Å². The van der Waals surface area contributed by atoms with Gasteiger partial charge in [-0.05, 0) is 23.8 Å². The van der Waals surface area contributed by atoms with Crippen molar-refractivity contribution in [1.29, 1.82) is 0 Å². The molecule has 4 heteroatoms. The molecule has 3 aromatic rings. The number of nitrogens with zero attached hydrogens (tertiary/aromatic N) is 2. The number of pyridine rings is 1. The third kappa shape index (κ3) is 1.49. The topological polar surface area (TPSA) is 37.8 Å². The van der Waals surface area contributed by atoms with Gasteiger partial charge in [-0.3, -0.25) is 0 Å². The highest BCUT2D eigenvalue weighted by molar-refractivity contribution is 7.18. The lowest BCUT2D eigenvalue weighted by Crippen LogP contribution is -2.04. The summed E-state index contributed by atoms with van der Waals surface area (Å²) in [5, 5.41) is 4.66. The number of para-hydroxylation sites is 1. The Morgan fingerprint density at radius 2 is 2.11 bits per heavy atom. The van der Waals surface area contributed by atoms with Gasteiger partial charge in [-0.15, -0.1) is 0 Å². The smallest absolute Gasteiger partial charge is 0.143 e. The Morgan fingerprint density at radius 3 is 3.00 bits per heavy atom. The van der Waals surface area contributed by atoms with Crippen molar-refractivity contribution in [2.75, 3.05) is 5.32 Å². The Balaban J connectivity index is 1.73. The van der Waals surface area contributed by atoms with Crippen LogP contribution in [0.2, 0.25) is 0 Å². The predicted octanol–water partition coefficient (Wildman–Crippen LogP) is 3.40. The number of thiazole rings is 1. The molecule has 1 aliphatic heterocycles. The van der Waals surface area contributed by atoms with Crippen molar-refractivity contribution in [3.8, 4) is 0 Å². The van der Waals surface area contributed by atoms with Gasteiger partial charge in [-0.25, -0.2) is 9.97 Å². The number of hydrogen-bond donors (Lipinski definition) is 1. The lowest BCUT2D eigenvalue weighted by Gasteiger charge is -2.06. The summed E-state index contributed by atoms with van der Waals surface area (Å²) in [6.45, 7) is 0. The quantitative estimate of drug-likeness (QED) is 0.722. The van der Waals surface area contributed by atoms with Gasteiger partial charge < -0.3 is 5.32 Å². The van der Waals surface area contributed by atoms with Crippen LogP contribution in [0.3, 0.4) is 0 Å². The van der Waals surface area contributed by atoms with Gasteiger partial charge in [0.1, 0.15) is 15.4 Å². The molecule has 88 valence electrons. The molecule has 0 fully saturated rings. The molecule has 0 saturated heterocycles. The molecule has 1 atom stereocenters. The van der Waals surface area contributed by atoms with Gasteiger partial charge in [0.05, 0.1) is 6.04 Å². The summed E-state index contributed by atoms with van der Waals surface area (Å²) >= 11 is 1.68. The predicted molar refractivity (Wildman–Crippen MR) is 73.9 cm³/mol. The lowest BCUT2D eigenvalue weighted by molar-refractivity contribution is 0.816. The SMILES string of the molecule is c1ccc2c(c1)CC(c1nc3cccnc3s1)N2.